The van der Waals surface area contributed by atoms with Crippen molar-refractivity contribution in [2.45, 2.75) is 6.54 Å². The number of hydrogen-bond donors (Lipinski definition) is 1. The molecule has 0 bridgehead atoms. The van der Waals surface area contributed by atoms with E-state index in [2.05, 4.69) is 30.6 Å². The maximum absolute atomic E-state index is 3.91. The maximum Gasteiger partial charge on any atom is 0.0685 e. The molecule has 11 heavy (non-hydrogen) atoms. The van der Waals surface area contributed by atoms with Crippen LogP contribution in [0.4, 0.5) is 5.69 Å². The van der Waals surface area contributed by atoms with Crippen LogP contribution < -0.4 is 10.2 Å². The normalized spacial score (nSPS) is 16.3. The van der Waals surface area contributed by atoms with Gasteiger partial charge in [0.05, 0.1) is 6.67 Å². The molecule has 2 rings (SSSR count). The Hall–Kier alpha value is -1.02. The zero-order valence-electron chi connectivity index (χ0n) is 6.38. The summed E-state index contributed by atoms with van der Waals surface area (Å²) < 4.78 is 0. The second-order valence-electron chi connectivity index (χ2n) is 2.75. The predicted molar refractivity (Wildman–Crippen MR) is 46.0 cm³/mol. The van der Waals surface area contributed by atoms with Crippen LogP contribution in [0.1, 0.15) is 5.56 Å². The van der Waals surface area contributed by atoms with Crippen molar-refractivity contribution in [3.63, 3.8) is 0 Å². The highest BCUT2D eigenvalue weighted by Crippen LogP contribution is 2.21. The third-order valence-electron chi connectivity index (χ3n) is 1.95. The van der Waals surface area contributed by atoms with Gasteiger partial charge in [0.15, 0.2) is 0 Å². The summed E-state index contributed by atoms with van der Waals surface area (Å²) in [5.74, 6) is 0. The lowest BCUT2D eigenvalue weighted by Gasteiger charge is -2.27. The van der Waals surface area contributed by atoms with Crippen molar-refractivity contribution in [2.75, 3.05) is 11.6 Å². The fourth-order valence-corrected chi connectivity index (χ4v) is 1.38. The van der Waals surface area contributed by atoms with Crippen LogP contribution in [0, 0.1) is 7.05 Å². The lowest BCUT2D eigenvalue weighted by atomic mass is 10.1. The largest absolute Gasteiger partial charge is 0.357 e. The minimum atomic E-state index is 0.844. The Balaban J connectivity index is 2.44. The van der Waals surface area contributed by atoms with E-state index < -0.39 is 0 Å². The molecule has 0 saturated heterocycles. The van der Waals surface area contributed by atoms with Crippen LogP contribution >= 0.6 is 0 Å². The van der Waals surface area contributed by atoms with E-state index in [1.165, 1.54) is 11.3 Å². The van der Waals surface area contributed by atoms with Crippen molar-refractivity contribution < 1.29 is 0 Å². The van der Waals surface area contributed by atoms with E-state index in [4.69, 9.17) is 0 Å². The van der Waals surface area contributed by atoms with Crippen LogP contribution in [0.2, 0.25) is 0 Å². The zero-order chi connectivity index (χ0) is 7.68. The van der Waals surface area contributed by atoms with Gasteiger partial charge in [0.2, 0.25) is 0 Å². The molecule has 0 saturated carbocycles. The van der Waals surface area contributed by atoms with Gasteiger partial charge in [0.25, 0.3) is 0 Å². The fourth-order valence-electron chi connectivity index (χ4n) is 1.38. The van der Waals surface area contributed by atoms with E-state index in [0.29, 0.717) is 0 Å². The van der Waals surface area contributed by atoms with Gasteiger partial charge in [0, 0.05) is 19.3 Å². The van der Waals surface area contributed by atoms with Crippen molar-refractivity contribution in [2.24, 2.45) is 0 Å². The smallest absolute Gasteiger partial charge is 0.0685 e. The number of para-hydroxylation sites is 1. The van der Waals surface area contributed by atoms with E-state index in [1.807, 2.05) is 11.0 Å². The number of benzene rings is 1. The van der Waals surface area contributed by atoms with Gasteiger partial charge < -0.3 is 4.90 Å². The number of rotatable bonds is 0. The third-order valence-corrected chi connectivity index (χ3v) is 1.95. The molecule has 57 valence electrons. The molecule has 1 N–H and O–H groups in total. The van der Waals surface area contributed by atoms with Crippen LogP contribution in [0.25, 0.3) is 0 Å². The summed E-state index contributed by atoms with van der Waals surface area (Å²) in [5, 5.41) is 3.25. The monoisotopic (exact) mass is 147 g/mol. The Bertz CT molecular complexity index is 257. The van der Waals surface area contributed by atoms with E-state index in [-0.39, 0.29) is 0 Å². The van der Waals surface area contributed by atoms with Crippen molar-refractivity contribution in [3.8, 4) is 0 Å². The molecule has 0 spiro atoms. The van der Waals surface area contributed by atoms with Gasteiger partial charge >= 0.3 is 0 Å². The minimum Gasteiger partial charge on any atom is -0.357 e. The van der Waals surface area contributed by atoms with Crippen molar-refractivity contribution in [3.05, 3.63) is 36.9 Å². The van der Waals surface area contributed by atoms with Crippen LogP contribution in [0.5, 0.6) is 0 Å². The highest BCUT2D eigenvalue weighted by molar-refractivity contribution is 5.55. The van der Waals surface area contributed by atoms with Gasteiger partial charge in [-0.05, 0) is 11.6 Å². The Morgan fingerprint density at radius 3 is 3.00 bits per heavy atom. The molecule has 1 heterocycles. The Morgan fingerprint density at radius 2 is 2.18 bits per heavy atom. The quantitative estimate of drug-likeness (QED) is 0.595. The summed E-state index contributed by atoms with van der Waals surface area (Å²) in [6.45, 7) is 1.80. The number of fused-ring (bicyclic) bond motifs is 1. The molecule has 0 aliphatic carbocycles. The van der Waals surface area contributed by atoms with Crippen molar-refractivity contribution >= 4 is 5.69 Å². The molecular formula is C9H11N2. The minimum absolute atomic E-state index is 0.844. The standard InChI is InChI=1S/C9H11N2/c1-11-7-10-6-8-4-2-3-5-9(8)11/h2-5,10H,1,6-7H2. The van der Waals surface area contributed by atoms with E-state index in [1.54, 1.807) is 0 Å². The Morgan fingerprint density at radius 1 is 1.36 bits per heavy atom. The Labute approximate surface area is 66.8 Å². The first-order valence-electron chi connectivity index (χ1n) is 3.74. The van der Waals surface area contributed by atoms with Gasteiger partial charge in [-0.2, -0.15) is 0 Å². The van der Waals surface area contributed by atoms with Crippen LogP contribution in [0.3, 0.4) is 0 Å². The van der Waals surface area contributed by atoms with Crippen molar-refractivity contribution in [1.82, 2.24) is 5.32 Å². The van der Waals surface area contributed by atoms with Crippen LogP contribution in [-0.4, -0.2) is 6.67 Å². The molecule has 2 nitrogen and oxygen atoms in total. The van der Waals surface area contributed by atoms with Gasteiger partial charge in [-0.1, -0.05) is 18.2 Å². The molecule has 2 heteroatoms. The average Bonchev–Trinajstić information content (AvgIpc) is 2.06. The molecule has 0 atom stereocenters. The Kier molecular flexibility index (Phi) is 1.55. The summed E-state index contributed by atoms with van der Waals surface area (Å²) in [5.41, 5.74) is 2.57. The summed E-state index contributed by atoms with van der Waals surface area (Å²) in [7, 11) is 3.91. The molecule has 0 aromatic heterocycles. The maximum atomic E-state index is 3.91. The first-order chi connectivity index (χ1) is 5.38. The molecule has 0 fully saturated rings. The summed E-state index contributed by atoms with van der Waals surface area (Å²) >= 11 is 0. The van der Waals surface area contributed by atoms with Gasteiger partial charge in [-0.25, -0.2) is 0 Å². The molecule has 0 amide bonds. The van der Waals surface area contributed by atoms with E-state index >= 15 is 0 Å². The number of anilines is 1. The van der Waals surface area contributed by atoms with Crippen LogP contribution in [-0.2, 0) is 6.54 Å². The van der Waals surface area contributed by atoms with Crippen molar-refractivity contribution in [1.29, 1.82) is 0 Å². The molecule has 1 aliphatic heterocycles. The second-order valence-corrected chi connectivity index (χ2v) is 2.75. The second kappa shape index (κ2) is 2.55. The topological polar surface area (TPSA) is 15.3 Å². The number of hydrogen-bond acceptors (Lipinski definition) is 2. The first-order valence-corrected chi connectivity index (χ1v) is 3.74. The predicted octanol–water partition coefficient (Wildman–Crippen LogP) is 1.35. The van der Waals surface area contributed by atoms with Crippen LogP contribution in [0.15, 0.2) is 24.3 Å². The lowest BCUT2D eigenvalue weighted by molar-refractivity contribution is 0.658. The fraction of sp³-hybridized carbons (Fsp3) is 0.222. The average molecular weight is 147 g/mol. The third kappa shape index (κ3) is 1.10. The highest BCUT2D eigenvalue weighted by Gasteiger charge is 2.10. The summed E-state index contributed by atoms with van der Waals surface area (Å²) in [4.78, 5) is 1.97. The molecule has 1 aliphatic rings. The molecule has 1 aromatic carbocycles. The SMILES string of the molecule is [CH2]N1CNCc2ccccc21. The summed E-state index contributed by atoms with van der Waals surface area (Å²) in [6, 6.07) is 8.32. The molecular weight excluding hydrogens is 136 g/mol. The summed E-state index contributed by atoms with van der Waals surface area (Å²) in [6.07, 6.45) is 0. The number of nitrogens with one attached hydrogen (secondary N) is 1. The van der Waals surface area contributed by atoms with E-state index in [9.17, 15) is 0 Å². The highest BCUT2D eigenvalue weighted by atomic mass is 15.2. The zero-order valence-corrected chi connectivity index (χ0v) is 6.38. The molecule has 1 aromatic rings. The molecule has 0 unspecified atom stereocenters. The number of nitrogens with zero attached hydrogens (tertiary/aromatic N) is 1. The van der Waals surface area contributed by atoms with Gasteiger partial charge in [0.1, 0.15) is 0 Å². The van der Waals surface area contributed by atoms with Gasteiger partial charge in [-0.15, -0.1) is 0 Å². The van der Waals surface area contributed by atoms with Gasteiger partial charge in [-0.3, -0.25) is 5.32 Å². The van der Waals surface area contributed by atoms with E-state index in [0.717, 1.165) is 13.2 Å². The lowest BCUT2D eigenvalue weighted by Crippen LogP contribution is -2.34. The first kappa shape index (κ1) is 6.68. The molecule has 1 radical (unpaired) electrons.